The van der Waals surface area contributed by atoms with Gasteiger partial charge in [-0.25, -0.2) is 4.98 Å². The number of hydrogen-bond donors (Lipinski definition) is 2. The number of carbonyl (C=O) groups excluding carboxylic acids is 1. The second-order valence-electron chi connectivity index (χ2n) is 7.31. The Bertz CT molecular complexity index is 919. The Morgan fingerprint density at radius 3 is 2.28 bits per heavy atom. The summed E-state index contributed by atoms with van der Waals surface area (Å²) in [7, 11) is 0. The van der Waals surface area contributed by atoms with Gasteiger partial charge < -0.3 is 15.4 Å². The van der Waals surface area contributed by atoms with Crippen LogP contribution in [0.15, 0.2) is 72.9 Å². The number of anilines is 2. The number of aromatic nitrogens is 1. The quantitative estimate of drug-likeness (QED) is 0.571. The fraction of sp³-hybridized carbons (Fsp3) is 0.250. The summed E-state index contributed by atoms with van der Waals surface area (Å²) in [5, 5.41) is 6.36. The lowest BCUT2D eigenvalue weighted by atomic mass is 9.95. The molecule has 29 heavy (non-hydrogen) atoms. The van der Waals surface area contributed by atoms with Gasteiger partial charge in [0.15, 0.2) is 0 Å². The first kappa shape index (κ1) is 19.0. The molecule has 0 unspecified atom stereocenters. The lowest BCUT2D eigenvalue weighted by Gasteiger charge is -2.22. The molecular formula is C24H25N3O2. The van der Waals surface area contributed by atoms with Crippen LogP contribution < -0.4 is 15.4 Å². The number of nitrogens with zero attached hydrogens (tertiary/aromatic N) is 1. The molecule has 148 valence electrons. The van der Waals surface area contributed by atoms with Crippen molar-refractivity contribution in [3.63, 3.8) is 0 Å². The van der Waals surface area contributed by atoms with Crippen LogP contribution in [0, 0.1) is 0 Å². The molecule has 1 aromatic heterocycles. The molecule has 0 aliphatic heterocycles. The Labute approximate surface area is 171 Å². The molecule has 1 aliphatic carbocycles. The first-order valence-corrected chi connectivity index (χ1v) is 10.1. The minimum Gasteiger partial charge on any atom is -0.457 e. The normalized spacial score (nSPS) is 14.2. The fourth-order valence-corrected chi connectivity index (χ4v) is 3.50. The first-order chi connectivity index (χ1) is 14.3. The van der Waals surface area contributed by atoms with Gasteiger partial charge in [0.1, 0.15) is 17.3 Å². The second kappa shape index (κ2) is 9.24. The van der Waals surface area contributed by atoms with Crippen LogP contribution in [0.2, 0.25) is 0 Å². The van der Waals surface area contributed by atoms with E-state index in [0.717, 1.165) is 30.0 Å². The molecule has 1 fully saturated rings. The highest BCUT2D eigenvalue weighted by atomic mass is 16.5. The van der Waals surface area contributed by atoms with E-state index in [1.54, 1.807) is 12.3 Å². The van der Waals surface area contributed by atoms with Crippen molar-refractivity contribution in [1.29, 1.82) is 0 Å². The average molecular weight is 387 g/mol. The maximum absolute atomic E-state index is 12.4. The van der Waals surface area contributed by atoms with E-state index in [0.29, 0.717) is 17.4 Å². The number of hydrogen-bond acceptors (Lipinski definition) is 4. The van der Waals surface area contributed by atoms with Crippen LogP contribution in [0.4, 0.5) is 11.5 Å². The van der Waals surface area contributed by atoms with Crippen molar-refractivity contribution in [1.82, 2.24) is 10.3 Å². The van der Waals surface area contributed by atoms with E-state index in [4.69, 9.17) is 4.74 Å². The van der Waals surface area contributed by atoms with Gasteiger partial charge in [-0.2, -0.15) is 0 Å². The van der Waals surface area contributed by atoms with Gasteiger partial charge in [-0.1, -0.05) is 37.5 Å². The van der Waals surface area contributed by atoms with Gasteiger partial charge in [-0.3, -0.25) is 4.79 Å². The number of amides is 1. The number of ether oxygens (including phenoxy) is 1. The van der Waals surface area contributed by atoms with Crippen molar-refractivity contribution in [2.24, 2.45) is 0 Å². The monoisotopic (exact) mass is 387 g/mol. The third-order valence-electron chi connectivity index (χ3n) is 5.07. The molecule has 0 radical (unpaired) electrons. The topological polar surface area (TPSA) is 63.2 Å². The second-order valence-corrected chi connectivity index (χ2v) is 7.31. The van der Waals surface area contributed by atoms with E-state index in [1.807, 2.05) is 60.7 Å². The molecule has 2 aromatic carbocycles. The number of carbonyl (C=O) groups is 1. The molecule has 0 saturated heterocycles. The molecule has 5 nitrogen and oxygen atoms in total. The molecule has 1 amide bonds. The van der Waals surface area contributed by atoms with Gasteiger partial charge >= 0.3 is 0 Å². The minimum absolute atomic E-state index is 0.0432. The van der Waals surface area contributed by atoms with Gasteiger partial charge in [0.25, 0.3) is 5.91 Å². The van der Waals surface area contributed by atoms with Gasteiger partial charge in [0.05, 0.1) is 5.56 Å². The zero-order chi connectivity index (χ0) is 19.9. The molecule has 1 aliphatic rings. The number of para-hydroxylation sites is 1. The Morgan fingerprint density at radius 1 is 0.862 bits per heavy atom. The Kier molecular flexibility index (Phi) is 6.05. The Balaban J connectivity index is 1.33. The van der Waals surface area contributed by atoms with Crippen molar-refractivity contribution in [3.05, 3.63) is 78.5 Å². The van der Waals surface area contributed by atoms with Crippen molar-refractivity contribution in [3.8, 4) is 11.5 Å². The van der Waals surface area contributed by atoms with Crippen molar-refractivity contribution < 1.29 is 9.53 Å². The Hall–Kier alpha value is -3.34. The third kappa shape index (κ3) is 5.35. The molecule has 3 aromatic rings. The minimum atomic E-state index is -0.0432. The highest BCUT2D eigenvalue weighted by Gasteiger charge is 2.16. The zero-order valence-electron chi connectivity index (χ0n) is 16.3. The summed E-state index contributed by atoms with van der Waals surface area (Å²) in [5.74, 6) is 2.22. The van der Waals surface area contributed by atoms with Gasteiger partial charge in [0.2, 0.25) is 0 Å². The molecule has 1 saturated carbocycles. The van der Waals surface area contributed by atoms with Gasteiger partial charge in [0, 0.05) is 17.9 Å². The summed E-state index contributed by atoms with van der Waals surface area (Å²) >= 11 is 0. The molecule has 0 spiro atoms. The first-order valence-electron chi connectivity index (χ1n) is 10.1. The molecule has 1 heterocycles. The van der Waals surface area contributed by atoms with E-state index in [1.165, 1.54) is 19.3 Å². The molecular weight excluding hydrogens is 362 g/mol. The number of pyridine rings is 1. The van der Waals surface area contributed by atoms with Crippen molar-refractivity contribution >= 4 is 17.4 Å². The number of nitrogens with one attached hydrogen (secondary N) is 2. The summed E-state index contributed by atoms with van der Waals surface area (Å²) in [6, 6.07) is 21.3. The van der Waals surface area contributed by atoms with Crippen molar-refractivity contribution in [2.75, 3.05) is 5.32 Å². The highest BCUT2D eigenvalue weighted by Crippen LogP contribution is 2.24. The van der Waals surface area contributed by atoms with Gasteiger partial charge in [-0.05, 0) is 61.4 Å². The number of rotatable bonds is 6. The molecule has 2 N–H and O–H groups in total. The number of benzene rings is 2. The van der Waals surface area contributed by atoms with Crippen LogP contribution in [-0.4, -0.2) is 16.9 Å². The van der Waals surface area contributed by atoms with Gasteiger partial charge in [-0.15, -0.1) is 0 Å². The van der Waals surface area contributed by atoms with Crippen LogP contribution in [0.25, 0.3) is 0 Å². The molecule has 0 bridgehead atoms. The average Bonchev–Trinajstić information content (AvgIpc) is 2.77. The predicted molar refractivity (Wildman–Crippen MR) is 115 cm³/mol. The summed E-state index contributed by atoms with van der Waals surface area (Å²) in [6.07, 6.45) is 7.43. The highest BCUT2D eigenvalue weighted by molar-refractivity contribution is 5.94. The Morgan fingerprint density at radius 2 is 1.59 bits per heavy atom. The molecule has 4 rings (SSSR count). The lowest BCUT2D eigenvalue weighted by Crippen LogP contribution is -2.36. The standard InChI is InChI=1S/C24H25N3O2/c28-24(27-19-7-3-1-4-8-19)18-11-16-23(25-17-18)26-20-12-14-22(15-13-20)29-21-9-5-2-6-10-21/h2,5-6,9-17,19H,1,3-4,7-8H2,(H,25,26)(H,27,28). The summed E-state index contributed by atoms with van der Waals surface area (Å²) in [5.41, 5.74) is 1.49. The van der Waals surface area contributed by atoms with Crippen LogP contribution >= 0.6 is 0 Å². The largest absolute Gasteiger partial charge is 0.457 e. The lowest BCUT2D eigenvalue weighted by molar-refractivity contribution is 0.0927. The maximum Gasteiger partial charge on any atom is 0.253 e. The van der Waals surface area contributed by atoms with E-state index >= 15 is 0 Å². The smallest absolute Gasteiger partial charge is 0.253 e. The molecule has 5 heteroatoms. The summed E-state index contributed by atoms with van der Waals surface area (Å²) in [4.78, 5) is 16.8. The molecule has 0 atom stereocenters. The van der Waals surface area contributed by atoms with Crippen LogP contribution in [0.3, 0.4) is 0 Å². The van der Waals surface area contributed by atoms with Crippen molar-refractivity contribution in [2.45, 2.75) is 38.1 Å². The third-order valence-corrected chi connectivity index (χ3v) is 5.07. The van der Waals surface area contributed by atoms with E-state index in [-0.39, 0.29) is 5.91 Å². The van der Waals surface area contributed by atoms with Crippen LogP contribution in [0.5, 0.6) is 11.5 Å². The zero-order valence-corrected chi connectivity index (χ0v) is 16.3. The fourth-order valence-electron chi connectivity index (χ4n) is 3.50. The van der Waals surface area contributed by atoms with Crippen LogP contribution in [0.1, 0.15) is 42.5 Å². The summed E-state index contributed by atoms with van der Waals surface area (Å²) in [6.45, 7) is 0. The predicted octanol–water partition coefficient (Wildman–Crippen LogP) is 5.68. The summed E-state index contributed by atoms with van der Waals surface area (Å²) < 4.78 is 5.80. The van der Waals surface area contributed by atoms with Crippen LogP contribution in [-0.2, 0) is 0 Å². The van der Waals surface area contributed by atoms with E-state index < -0.39 is 0 Å². The van der Waals surface area contributed by atoms with E-state index in [2.05, 4.69) is 15.6 Å². The maximum atomic E-state index is 12.4. The van der Waals surface area contributed by atoms with E-state index in [9.17, 15) is 4.79 Å². The SMILES string of the molecule is O=C(NC1CCCCC1)c1ccc(Nc2ccc(Oc3ccccc3)cc2)nc1.